The molecule has 17 heavy (non-hydrogen) atoms. The Morgan fingerprint density at radius 1 is 1.76 bits per heavy atom. The number of hydrogen-bond donors (Lipinski definition) is 1. The number of nitrogens with zero attached hydrogens (tertiary/aromatic N) is 2. The van der Waals surface area contributed by atoms with E-state index in [-0.39, 0.29) is 18.2 Å². The van der Waals surface area contributed by atoms with Crippen LogP contribution in [0.3, 0.4) is 0 Å². The summed E-state index contributed by atoms with van der Waals surface area (Å²) in [6.45, 7) is 8.66. The average molecular weight is 241 g/mol. The molecule has 1 heterocycles. The van der Waals surface area contributed by atoms with E-state index in [9.17, 15) is 4.79 Å². The van der Waals surface area contributed by atoms with Crippen molar-refractivity contribution < 1.29 is 9.53 Å². The molecule has 5 nitrogen and oxygen atoms in total. The van der Waals surface area contributed by atoms with Crippen LogP contribution in [0.25, 0.3) is 0 Å². The molecule has 1 rings (SSSR count). The van der Waals surface area contributed by atoms with Crippen LogP contribution in [-0.4, -0.2) is 68.3 Å². The number of amides is 2. The summed E-state index contributed by atoms with van der Waals surface area (Å²) in [6.07, 6.45) is 1.77. The van der Waals surface area contributed by atoms with Crippen LogP contribution >= 0.6 is 0 Å². The predicted octanol–water partition coefficient (Wildman–Crippen LogP) is 0.533. The molecule has 5 heteroatoms. The molecule has 0 spiro atoms. The van der Waals surface area contributed by atoms with E-state index in [4.69, 9.17) is 4.74 Å². The lowest BCUT2D eigenvalue weighted by Crippen LogP contribution is -2.53. The monoisotopic (exact) mass is 241 g/mol. The Hall–Kier alpha value is -1.07. The number of carbonyl (C=O) groups is 1. The van der Waals surface area contributed by atoms with E-state index in [2.05, 4.69) is 23.8 Å². The fraction of sp³-hybridized carbons (Fsp3) is 0.750. The molecule has 1 aliphatic rings. The van der Waals surface area contributed by atoms with Crippen molar-refractivity contribution in [3.05, 3.63) is 12.7 Å². The van der Waals surface area contributed by atoms with E-state index >= 15 is 0 Å². The third-order valence-corrected chi connectivity index (χ3v) is 2.96. The van der Waals surface area contributed by atoms with Crippen molar-refractivity contribution in [3.8, 4) is 0 Å². The number of urea groups is 1. The van der Waals surface area contributed by atoms with Crippen molar-refractivity contribution in [2.24, 2.45) is 0 Å². The second-order valence-corrected chi connectivity index (χ2v) is 4.58. The highest BCUT2D eigenvalue weighted by Gasteiger charge is 2.25. The molecule has 0 aromatic rings. The van der Waals surface area contributed by atoms with Crippen molar-refractivity contribution in [2.45, 2.75) is 19.1 Å². The summed E-state index contributed by atoms with van der Waals surface area (Å²) in [5, 5.41) is 2.94. The van der Waals surface area contributed by atoms with Gasteiger partial charge in [-0.1, -0.05) is 6.08 Å². The van der Waals surface area contributed by atoms with Crippen LogP contribution in [0.4, 0.5) is 4.79 Å². The normalized spacial score (nSPS) is 22.9. The molecule has 2 unspecified atom stereocenters. The average Bonchev–Trinajstić information content (AvgIpc) is 2.29. The molecular formula is C12H23N3O2. The highest BCUT2D eigenvalue weighted by atomic mass is 16.5. The fourth-order valence-corrected chi connectivity index (χ4v) is 1.79. The number of hydrogen-bond acceptors (Lipinski definition) is 3. The molecule has 1 saturated heterocycles. The van der Waals surface area contributed by atoms with Gasteiger partial charge in [-0.3, -0.25) is 0 Å². The molecule has 0 aromatic carbocycles. The Balaban J connectivity index is 2.39. The Bertz CT molecular complexity index is 270. The third kappa shape index (κ3) is 4.36. The molecule has 1 aliphatic heterocycles. The zero-order valence-electron chi connectivity index (χ0n) is 11.0. The predicted molar refractivity (Wildman–Crippen MR) is 68.1 cm³/mol. The molecule has 98 valence electrons. The lowest BCUT2D eigenvalue weighted by atomic mass is 10.1. The first-order chi connectivity index (χ1) is 8.04. The van der Waals surface area contributed by atoms with E-state index < -0.39 is 0 Å². The van der Waals surface area contributed by atoms with Crippen molar-refractivity contribution in [1.29, 1.82) is 0 Å². The van der Waals surface area contributed by atoms with Gasteiger partial charge in [-0.15, -0.1) is 6.58 Å². The Morgan fingerprint density at radius 3 is 3.06 bits per heavy atom. The maximum Gasteiger partial charge on any atom is 0.317 e. The van der Waals surface area contributed by atoms with Crippen molar-refractivity contribution in [1.82, 2.24) is 15.1 Å². The van der Waals surface area contributed by atoms with Crippen LogP contribution in [0.15, 0.2) is 12.7 Å². The largest absolute Gasteiger partial charge is 0.373 e. The first kappa shape index (κ1) is 14.0. The number of nitrogens with one attached hydrogen (secondary N) is 1. The summed E-state index contributed by atoms with van der Waals surface area (Å²) in [7, 11) is 3.81. The quantitative estimate of drug-likeness (QED) is 0.730. The standard InChI is InChI=1S/C12H23N3O2/c1-5-6-15(4)12(16)13-10(2)11-9-14(3)7-8-17-11/h5,10-11H,1,6-9H2,2-4H3,(H,13,16). The van der Waals surface area contributed by atoms with Crippen molar-refractivity contribution in [2.75, 3.05) is 40.3 Å². The summed E-state index contributed by atoms with van der Waals surface area (Å²) >= 11 is 0. The van der Waals surface area contributed by atoms with Crippen LogP contribution in [0.1, 0.15) is 6.92 Å². The molecule has 2 amide bonds. The molecule has 1 N–H and O–H groups in total. The first-order valence-electron chi connectivity index (χ1n) is 5.97. The highest BCUT2D eigenvalue weighted by Crippen LogP contribution is 2.07. The summed E-state index contributed by atoms with van der Waals surface area (Å²) in [5.41, 5.74) is 0. The summed E-state index contributed by atoms with van der Waals surface area (Å²) in [6, 6.07) is -0.0771. The van der Waals surface area contributed by atoms with Gasteiger partial charge in [0, 0.05) is 26.7 Å². The lowest BCUT2D eigenvalue weighted by molar-refractivity contribution is -0.0338. The van der Waals surface area contributed by atoms with E-state index in [0.29, 0.717) is 6.54 Å². The van der Waals surface area contributed by atoms with Crippen molar-refractivity contribution in [3.63, 3.8) is 0 Å². The molecule has 0 radical (unpaired) electrons. The number of likely N-dealkylation sites (N-methyl/N-ethyl adjacent to an activating group) is 2. The zero-order valence-corrected chi connectivity index (χ0v) is 11.0. The third-order valence-electron chi connectivity index (χ3n) is 2.96. The SMILES string of the molecule is C=CCN(C)C(=O)NC(C)C1CN(C)CCO1. The minimum absolute atomic E-state index is 0.0116. The lowest BCUT2D eigenvalue weighted by Gasteiger charge is -2.34. The van der Waals surface area contributed by atoms with E-state index in [1.165, 1.54) is 0 Å². The van der Waals surface area contributed by atoms with Gasteiger partial charge in [0.1, 0.15) is 0 Å². The fourth-order valence-electron chi connectivity index (χ4n) is 1.79. The summed E-state index contributed by atoms with van der Waals surface area (Å²) in [4.78, 5) is 15.6. The molecular weight excluding hydrogens is 218 g/mol. The topological polar surface area (TPSA) is 44.8 Å². The van der Waals surface area contributed by atoms with Crippen LogP contribution in [0.2, 0.25) is 0 Å². The van der Waals surface area contributed by atoms with Crippen LogP contribution < -0.4 is 5.32 Å². The minimum atomic E-state index is -0.0887. The van der Waals surface area contributed by atoms with Crippen molar-refractivity contribution >= 4 is 6.03 Å². The molecule has 0 aliphatic carbocycles. The van der Waals surface area contributed by atoms with Crippen LogP contribution in [-0.2, 0) is 4.74 Å². The Labute approximate surface area is 103 Å². The highest BCUT2D eigenvalue weighted by molar-refractivity contribution is 5.74. The van der Waals surface area contributed by atoms with Gasteiger partial charge in [0.25, 0.3) is 0 Å². The zero-order chi connectivity index (χ0) is 12.8. The Morgan fingerprint density at radius 2 is 2.47 bits per heavy atom. The van der Waals surface area contributed by atoms with Gasteiger partial charge in [0.15, 0.2) is 0 Å². The number of morpholine rings is 1. The van der Waals surface area contributed by atoms with E-state index in [1.54, 1.807) is 18.0 Å². The maximum absolute atomic E-state index is 11.8. The molecule has 0 bridgehead atoms. The first-order valence-corrected chi connectivity index (χ1v) is 5.97. The van der Waals surface area contributed by atoms with Crippen LogP contribution in [0, 0.1) is 0 Å². The van der Waals surface area contributed by atoms with Gasteiger partial charge in [-0.25, -0.2) is 4.79 Å². The minimum Gasteiger partial charge on any atom is -0.373 e. The number of carbonyl (C=O) groups excluding carboxylic acids is 1. The smallest absolute Gasteiger partial charge is 0.317 e. The maximum atomic E-state index is 11.8. The van der Waals surface area contributed by atoms with Gasteiger partial charge in [-0.05, 0) is 14.0 Å². The van der Waals surface area contributed by atoms with E-state index in [0.717, 1.165) is 19.7 Å². The summed E-state index contributed by atoms with van der Waals surface area (Å²) in [5.74, 6) is 0. The van der Waals surface area contributed by atoms with Crippen LogP contribution in [0.5, 0.6) is 0 Å². The molecule has 0 saturated carbocycles. The second kappa shape index (κ2) is 6.61. The van der Waals surface area contributed by atoms with Gasteiger partial charge in [-0.2, -0.15) is 0 Å². The van der Waals surface area contributed by atoms with Gasteiger partial charge < -0.3 is 19.9 Å². The summed E-state index contributed by atoms with van der Waals surface area (Å²) < 4.78 is 5.66. The molecule has 0 aromatic heterocycles. The number of ether oxygens (including phenoxy) is 1. The molecule has 1 fully saturated rings. The number of rotatable bonds is 4. The molecule has 2 atom stereocenters. The van der Waals surface area contributed by atoms with E-state index in [1.807, 2.05) is 6.92 Å². The van der Waals surface area contributed by atoms with Gasteiger partial charge in [0.2, 0.25) is 0 Å². The Kier molecular flexibility index (Phi) is 5.44. The second-order valence-electron chi connectivity index (χ2n) is 4.58. The van der Waals surface area contributed by atoms with Gasteiger partial charge in [0.05, 0.1) is 18.8 Å². The van der Waals surface area contributed by atoms with Gasteiger partial charge >= 0.3 is 6.03 Å².